The predicted octanol–water partition coefficient (Wildman–Crippen LogP) is 4.11. The van der Waals surface area contributed by atoms with Crippen molar-refractivity contribution in [2.45, 2.75) is 45.1 Å². The molecule has 1 nitrogen and oxygen atoms in total. The smallest absolute Gasteiger partial charge is 0.0187 e. The molecule has 0 aliphatic carbocycles. The lowest BCUT2D eigenvalue weighted by molar-refractivity contribution is 0.404. The fraction of sp³-hybridized carbons (Fsp3) is 0.600. The molecule has 0 aliphatic heterocycles. The maximum Gasteiger partial charge on any atom is 0.0187 e. The van der Waals surface area contributed by atoms with Crippen LogP contribution in [0.15, 0.2) is 29.2 Å². The van der Waals surface area contributed by atoms with Gasteiger partial charge in [0.25, 0.3) is 0 Å². The minimum absolute atomic E-state index is 0.620. The highest BCUT2D eigenvalue weighted by molar-refractivity contribution is 7.99. The van der Waals surface area contributed by atoms with Gasteiger partial charge in [0.1, 0.15) is 0 Å². The Morgan fingerprint density at radius 1 is 1.24 bits per heavy atom. The summed E-state index contributed by atoms with van der Waals surface area (Å²) in [6.45, 7) is 10.0. The Bertz CT molecular complexity index is 324. The predicted molar refractivity (Wildman–Crippen MR) is 78.8 cm³/mol. The van der Waals surface area contributed by atoms with Gasteiger partial charge in [-0.05, 0) is 31.0 Å². The van der Waals surface area contributed by atoms with E-state index in [0.29, 0.717) is 6.04 Å². The highest BCUT2D eigenvalue weighted by Crippen LogP contribution is 2.24. The van der Waals surface area contributed by atoms with E-state index < -0.39 is 0 Å². The number of nitrogens with one attached hydrogen (secondary N) is 1. The zero-order valence-corrected chi connectivity index (χ0v) is 12.3. The molecule has 1 rings (SSSR count). The standard InChI is InChI=1S/C15H25NS/c1-5-12(3)14(16-6-2)11-17-15-10-8-7-9-13(15)4/h7-10,12,14,16H,5-6,11H2,1-4H3. The van der Waals surface area contributed by atoms with E-state index in [2.05, 4.69) is 57.3 Å². The lowest BCUT2D eigenvalue weighted by Crippen LogP contribution is -2.36. The van der Waals surface area contributed by atoms with Crippen LogP contribution in [0.5, 0.6) is 0 Å². The summed E-state index contributed by atoms with van der Waals surface area (Å²) in [5.41, 5.74) is 1.39. The lowest BCUT2D eigenvalue weighted by Gasteiger charge is -2.23. The van der Waals surface area contributed by atoms with Gasteiger partial charge in [-0.3, -0.25) is 0 Å². The van der Waals surface area contributed by atoms with Crippen LogP contribution in [0.2, 0.25) is 0 Å². The van der Waals surface area contributed by atoms with Crippen LogP contribution in [-0.2, 0) is 0 Å². The summed E-state index contributed by atoms with van der Waals surface area (Å²) in [7, 11) is 0. The van der Waals surface area contributed by atoms with Crippen molar-refractivity contribution >= 4 is 11.8 Å². The minimum Gasteiger partial charge on any atom is -0.313 e. The highest BCUT2D eigenvalue weighted by Gasteiger charge is 2.14. The minimum atomic E-state index is 0.620. The second-order valence-corrected chi connectivity index (χ2v) is 5.69. The Kier molecular flexibility index (Phi) is 6.68. The summed E-state index contributed by atoms with van der Waals surface area (Å²) in [5, 5.41) is 3.60. The molecule has 0 fully saturated rings. The van der Waals surface area contributed by atoms with Crippen LogP contribution in [0.25, 0.3) is 0 Å². The number of hydrogen-bond donors (Lipinski definition) is 1. The molecule has 0 aromatic heterocycles. The molecule has 2 atom stereocenters. The average molecular weight is 251 g/mol. The van der Waals surface area contributed by atoms with Gasteiger partial charge in [0.05, 0.1) is 0 Å². The van der Waals surface area contributed by atoms with Crippen molar-refractivity contribution in [3.8, 4) is 0 Å². The van der Waals surface area contributed by atoms with Crippen LogP contribution < -0.4 is 5.32 Å². The molecule has 17 heavy (non-hydrogen) atoms. The maximum atomic E-state index is 3.60. The molecule has 0 bridgehead atoms. The van der Waals surface area contributed by atoms with Gasteiger partial charge in [-0.1, -0.05) is 45.4 Å². The fourth-order valence-corrected chi connectivity index (χ4v) is 3.15. The van der Waals surface area contributed by atoms with E-state index in [0.717, 1.165) is 18.2 Å². The Labute approximate surface area is 110 Å². The van der Waals surface area contributed by atoms with Gasteiger partial charge in [-0.2, -0.15) is 0 Å². The van der Waals surface area contributed by atoms with Crippen molar-refractivity contribution in [3.05, 3.63) is 29.8 Å². The van der Waals surface area contributed by atoms with Crippen molar-refractivity contribution in [1.82, 2.24) is 5.32 Å². The Morgan fingerprint density at radius 2 is 1.94 bits per heavy atom. The lowest BCUT2D eigenvalue weighted by atomic mass is 10.0. The normalized spacial score (nSPS) is 14.6. The third-order valence-electron chi connectivity index (χ3n) is 3.31. The molecule has 0 radical (unpaired) electrons. The van der Waals surface area contributed by atoms with Crippen molar-refractivity contribution < 1.29 is 0 Å². The van der Waals surface area contributed by atoms with Gasteiger partial charge in [-0.25, -0.2) is 0 Å². The van der Waals surface area contributed by atoms with Crippen LogP contribution in [0.4, 0.5) is 0 Å². The third-order valence-corrected chi connectivity index (χ3v) is 4.60. The SMILES string of the molecule is CCNC(CSc1ccccc1C)C(C)CC. The van der Waals surface area contributed by atoms with Crippen molar-refractivity contribution in [1.29, 1.82) is 0 Å². The van der Waals surface area contributed by atoms with E-state index in [9.17, 15) is 0 Å². The molecular weight excluding hydrogens is 226 g/mol. The molecule has 0 heterocycles. The number of rotatable bonds is 7. The van der Waals surface area contributed by atoms with Gasteiger partial charge in [0, 0.05) is 16.7 Å². The van der Waals surface area contributed by atoms with Gasteiger partial charge in [0.15, 0.2) is 0 Å². The molecule has 2 heteroatoms. The number of benzene rings is 1. The first-order chi connectivity index (χ1) is 8.19. The topological polar surface area (TPSA) is 12.0 Å². The molecule has 1 aromatic carbocycles. The van der Waals surface area contributed by atoms with E-state index in [-0.39, 0.29) is 0 Å². The summed E-state index contributed by atoms with van der Waals surface area (Å²) in [6.07, 6.45) is 1.24. The fourth-order valence-electron chi connectivity index (χ4n) is 1.87. The van der Waals surface area contributed by atoms with E-state index in [1.807, 2.05) is 11.8 Å². The Morgan fingerprint density at radius 3 is 2.53 bits per heavy atom. The molecule has 96 valence electrons. The Balaban J connectivity index is 2.54. The van der Waals surface area contributed by atoms with E-state index in [1.54, 1.807) is 0 Å². The van der Waals surface area contributed by atoms with Gasteiger partial charge in [-0.15, -0.1) is 11.8 Å². The van der Waals surface area contributed by atoms with Crippen LogP contribution in [0.3, 0.4) is 0 Å². The molecule has 0 spiro atoms. The summed E-state index contributed by atoms with van der Waals surface area (Å²) >= 11 is 1.98. The summed E-state index contributed by atoms with van der Waals surface area (Å²) in [6, 6.07) is 9.26. The van der Waals surface area contributed by atoms with Crippen LogP contribution in [-0.4, -0.2) is 18.3 Å². The molecule has 0 saturated heterocycles. The highest BCUT2D eigenvalue weighted by atomic mass is 32.2. The van der Waals surface area contributed by atoms with Crippen molar-refractivity contribution in [2.24, 2.45) is 5.92 Å². The molecule has 1 N–H and O–H groups in total. The molecule has 2 unspecified atom stereocenters. The Hall–Kier alpha value is -0.470. The maximum absolute atomic E-state index is 3.60. The van der Waals surface area contributed by atoms with E-state index in [1.165, 1.54) is 16.9 Å². The second kappa shape index (κ2) is 7.78. The van der Waals surface area contributed by atoms with Crippen molar-refractivity contribution in [3.63, 3.8) is 0 Å². The monoisotopic (exact) mass is 251 g/mol. The zero-order valence-electron chi connectivity index (χ0n) is 11.5. The number of hydrogen-bond acceptors (Lipinski definition) is 2. The average Bonchev–Trinajstić information content (AvgIpc) is 2.35. The summed E-state index contributed by atoms with van der Waals surface area (Å²) in [4.78, 5) is 1.42. The summed E-state index contributed by atoms with van der Waals surface area (Å²) in [5.74, 6) is 1.90. The first kappa shape index (κ1) is 14.6. The van der Waals surface area contributed by atoms with Crippen LogP contribution >= 0.6 is 11.8 Å². The molecular formula is C15H25NS. The van der Waals surface area contributed by atoms with E-state index in [4.69, 9.17) is 0 Å². The molecule has 0 amide bonds. The first-order valence-electron chi connectivity index (χ1n) is 6.60. The van der Waals surface area contributed by atoms with Crippen LogP contribution in [0.1, 0.15) is 32.8 Å². The van der Waals surface area contributed by atoms with Crippen LogP contribution in [0, 0.1) is 12.8 Å². The largest absolute Gasteiger partial charge is 0.313 e. The van der Waals surface area contributed by atoms with Gasteiger partial charge < -0.3 is 5.32 Å². The number of aryl methyl sites for hydroxylation is 1. The first-order valence-corrected chi connectivity index (χ1v) is 7.59. The quantitative estimate of drug-likeness (QED) is 0.732. The van der Waals surface area contributed by atoms with Gasteiger partial charge in [0.2, 0.25) is 0 Å². The zero-order chi connectivity index (χ0) is 12.7. The molecule has 0 aliphatic rings. The third kappa shape index (κ3) is 4.72. The molecule has 1 aromatic rings. The summed E-state index contributed by atoms with van der Waals surface area (Å²) < 4.78 is 0. The second-order valence-electron chi connectivity index (χ2n) is 4.63. The van der Waals surface area contributed by atoms with E-state index >= 15 is 0 Å². The molecule has 0 saturated carbocycles. The van der Waals surface area contributed by atoms with Gasteiger partial charge >= 0.3 is 0 Å². The number of thioether (sulfide) groups is 1. The van der Waals surface area contributed by atoms with Crippen molar-refractivity contribution in [2.75, 3.05) is 12.3 Å².